The molecule has 1 aliphatic rings. The minimum atomic E-state index is -0.839. The molecule has 0 fully saturated rings. The molecule has 0 radical (unpaired) electrons. The maximum absolute atomic E-state index is 13.1. The lowest BCUT2D eigenvalue weighted by atomic mass is 9.97. The quantitative estimate of drug-likeness (QED) is 0.319. The second kappa shape index (κ2) is 10.0. The number of anilines is 2. The van der Waals surface area contributed by atoms with Crippen LogP contribution in [0.25, 0.3) is 11.3 Å². The number of carboxylic acid groups (broad SMARTS) is 1. The molecule has 4 rings (SSSR count). The molecule has 0 bridgehead atoms. The summed E-state index contributed by atoms with van der Waals surface area (Å²) >= 11 is 3.46. The Balaban J connectivity index is 1.80. The average Bonchev–Trinajstić information content (AvgIpc) is 3.12. The fourth-order valence-electron chi connectivity index (χ4n) is 3.86. The van der Waals surface area contributed by atoms with Gasteiger partial charge in [-0.1, -0.05) is 52.3 Å². The number of fused-ring (bicyclic) bond motifs is 1. The van der Waals surface area contributed by atoms with Crippen molar-refractivity contribution in [1.29, 1.82) is 0 Å². The highest BCUT2D eigenvalue weighted by Crippen LogP contribution is 2.39. The van der Waals surface area contributed by atoms with Crippen LogP contribution in [-0.2, 0) is 22.6 Å². The van der Waals surface area contributed by atoms with Gasteiger partial charge >= 0.3 is 5.97 Å². The van der Waals surface area contributed by atoms with Crippen molar-refractivity contribution in [1.82, 2.24) is 5.32 Å². The Morgan fingerprint density at radius 3 is 2.55 bits per heavy atom. The molecule has 6 nitrogen and oxygen atoms in total. The Labute approximate surface area is 200 Å². The van der Waals surface area contributed by atoms with Crippen molar-refractivity contribution < 1.29 is 14.7 Å². The van der Waals surface area contributed by atoms with E-state index >= 15 is 0 Å². The van der Waals surface area contributed by atoms with E-state index in [2.05, 4.69) is 31.9 Å². The van der Waals surface area contributed by atoms with Crippen molar-refractivity contribution in [3.8, 4) is 0 Å². The maximum atomic E-state index is 13.1. The molecule has 7 heteroatoms. The SMILES string of the molecule is CNCc1ccc(N/C(=C2\C(=O)Nc3cc(Br)ccc32)c2cccc(CCC(=O)O)c2)cc1. The van der Waals surface area contributed by atoms with Crippen molar-refractivity contribution in [2.75, 3.05) is 17.7 Å². The minimum absolute atomic E-state index is 0.0487. The number of carbonyl (C=O) groups is 2. The van der Waals surface area contributed by atoms with Gasteiger partial charge in [-0.2, -0.15) is 0 Å². The number of benzene rings is 3. The van der Waals surface area contributed by atoms with E-state index in [4.69, 9.17) is 5.11 Å². The van der Waals surface area contributed by atoms with Crippen molar-refractivity contribution in [3.05, 3.63) is 93.5 Å². The molecule has 1 amide bonds. The van der Waals surface area contributed by atoms with E-state index < -0.39 is 5.97 Å². The first-order chi connectivity index (χ1) is 15.9. The monoisotopic (exact) mass is 505 g/mol. The van der Waals surface area contributed by atoms with E-state index in [1.807, 2.05) is 73.8 Å². The molecule has 0 saturated heterocycles. The first kappa shape index (κ1) is 22.8. The lowest BCUT2D eigenvalue weighted by Gasteiger charge is -2.16. The highest BCUT2D eigenvalue weighted by Gasteiger charge is 2.28. The molecule has 0 spiro atoms. The van der Waals surface area contributed by atoms with Crippen LogP contribution in [0.3, 0.4) is 0 Å². The Morgan fingerprint density at radius 2 is 1.82 bits per heavy atom. The number of amides is 1. The molecule has 33 heavy (non-hydrogen) atoms. The molecule has 1 heterocycles. The van der Waals surface area contributed by atoms with E-state index in [0.717, 1.165) is 44.6 Å². The third kappa shape index (κ3) is 5.32. The molecular weight excluding hydrogens is 482 g/mol. The van der Waals surface area contributed by atoms with Gasteiger partial charge in [0, 0.05) is 28.7 Å². The first-order valence-electron chi connectivity index (χ1n) is 10.6. The van der Waals surface area contributed by atoms with Crippen LogP contribution in [0.5, 0.6) is 0 Å². The first-order valence-corrected chi connectivity index (χ1v) is 11.4. The normalized spacial score (nSPS) is 13.9. The van der Waals surface area contributed by atoms with Gasteiger partial charge in [0.05, 0.1) is 17.0 Å². The number of aliphatic carboxylic acids is 1. The summed E-state index contributed by atoms with van der Waals surface area (Å²) in [5.41, 5.74) is 6.50. The number of nitrogens with one attached hydrogen (secondary N) is 3. The van der Waals surface area contributed by atoms with E-state index in [1.165, 1.54) is 0 Å². The van der Waals surface area contributed by atoms with Crippen molar-refractivity contribution in [2.24, 2.45) is 0 Å². The molecule has 0 aliphatic carbocycles. The third-order valence-corrected chi connectivity index (χ3v) is 5.92. The second-order valence-electron chi connectivity index (χ2n) is 7.84. The molecule has 0 atom stereocenters. The number of hydrogen-bond acceptors (Lipinski definition) is 4. The van der Waals surface area contributed by atoms with Crippen molar-refractivity contribution in [3.63, 3.8) is 0 Å². The second-order valence-corrected chi connectivity index (χ2v) is 8.76. The summed E-state index contributed by atoms with van der Waals surface area (Å²) in [4.78, 5) is 24.1. The maximum Gasteiger partial charge on any atom is 0.303 e. The summed E-state index contributed by atoms with van der Waals surface area (Å²) in [5.74, 6) is -1.03. The van der Waals surface area contributed by atoms with Gasteiger partial charge in [0.1, 0.15) is 0 Å². The van der Waals surface area contributed by atoms with Crippen LogP contribution in [0.15, 0.2) is 71.2 Å². The van der Waals surface area contributed by atoms with Gasteiger partial charge in [0.25, 0.3) is 5.91 Å². The van der Waals surface area contributed by atoms with Crippen LogP contribution in [0.2, 0.25) is 0 Å². The van der Waals surface area contributed by atoms with E-state index in [1.54, 1.807) is 0 Å². The van der Waals surface area contributed by atoms with Gasteiger partial charge < -0.3 is 21.1 Å². The minimum Gasteiger partial charge on any atom is -0.481 e. The molecule has 3 aromatic carbocycles. The summed E-state index contributed by atoms with van der Waals surface area (Å²) < 4.78 is 0.882. The molecule has 1 aliphatic heterocycles. The summed E-state index contributed by atoms with van der Waals surface area (Å²) in [5, 5.41) is 18.6. The van der Waals surface area contributed by atoms with Gasteiger partial charge in [-0.25, -0.2) is 0 Å². The fourth-order valence-corrected chi connectivity index (χ4v) is 4.22. The number of carboxylic acids is 1. The number of halogens is 1. The number of hydrogen-bond donors (Lipinski definition) is 4. The molecular formula is C26H24BrN3O3. The zero-order valence-corrected chi connectivity index (χ0v) is 19.7. The number of carbonyl (C=O) groups excluding carboxylic acids is 1. The summed E-state index contributed by atoms with van der Waals surface area (Å²) in [6, 6.07) is 21.4. The molecule has 4 N–H and O–H groups in total. The highest BCUT2D eigenvalue weighted by atomic mass is 79.9. The van der Waals surface area contributed by atoms with E-state index in [9.17, 15) is 9.59 Å². The number of rotatable bonds is 8. The fraction of sp³-hybridized carbons (Fsp3) is 0.154. The van der Waals surface area contributed by atoms with Crippen LogP contribution in [0.4, 0.5) is 11.4 Å². The lowest BCUT2D eigenvalue weighted by molar-refractivity contribution is -0.137. The Bertz CT molecular complexity index is 1240. The topological polar surface area (TPSA) is 90.5 Å². The predicted octanol–water partition coefficient (Wildman–Crippen LogP) is 5.12. The molecule has 168 valence electrons. The van der Waals surface area contributed by atoms with E-state index in [-0.39, 0.29) is 12.3 Å². The van der Waals surface area contributed by atoms with Gasteiger partial charge in [0.2, 0.25) is 0 Å². The third-order valence-electron chi connectivity index (χ3n) is 5.42. The Morgan fingerprint density at radius 1 is 1.03 bits per heavy atom. The van der Waals surface area contributed by atoms with Crippen molar-refractivity contribution in [2.45, 2.75) is 19.4 Å². The largest absolute Gasteiger partial charge is 0.481 e. The van der Waals surface area contributed by atoms with Gasteiger partial charge in [0.15, 0.2) is 0 Å². The van der Waals surface area contributed by atoms with Crippen molar-refractivity contribution >= 4 is 50.5 Å². The smallest absolute Gasteiger partial charge is 0.303 e. The molecule has 3 aromatic rings. The molecule has 0 unspecified atom stereocenters. The number of aryl methyl sites for hydroxylation is 1. The zero-order chi connectivity index (χ0) is 23.4. The zero-order valence-electron chi connectivity index (χ0n) is 18.1. The van der Waals surface area contributed by atoms with Crippen LogP contribution in [0, 0.1) is 0 Å². The van der Waals surface area contributed by atoms with Crippen LogP contribution in [-0.4, -0.2) is 24.0 Å². The standard InChI is InChI=1S/C26H24BrN3O3/c1-28-15-17-5-9-20(10-6-17)29-25(18-4-2-3-16(13-18)7-12-23(31)32)24-21-11-8-19(27)14-22(21)30-26(24)33/h2-6,8-11,13-14,28-29H,7,12,15H2,1H3,(H,30,33)(H,31,32)/b25-24-. The lowest BCUT2D eigenvalue weighted by Crippen LogP contribution is -2.10. The summed E-state index contributed by atoms with van der Waals surface area (Å²) in [6.45, 7) is 0.768. The molecule has 0 saturated carbocycles. The van der Waals surface area contributed by atoms with Crippen LogP contribution >= 0.6 is 15.9 Å². The Kier molecular flexibility index (Phi) is 6.91. The predicted molar refractivity (Wildman–Crippen MR) is 135 cm³/mol. The van der Waals surface area contributed by atoms with Gasteiger partial charge in [-0.3, -0.25) is 9.59 Å². The highest BCUT2D eigenvalue weighted by molar-refractivity contribution is 9.10. The Hall–Kier alpha value is -3.42. The summed E-state index contributed by atoms with van der Waals surface area (Å²) in [7, 11) is 1.90. The van der Waals surface area contributed by atoms with Crippen LogP contribution in [0.1, 0.15) is 28.7 Å². The summed E-state index contributed by atoms with van der Waals surface area (Å²) in [6.07, 6.45) is 0.466. The van der Waals surface area contributed by atoms with Gasteiger partial charge in [-0.15, -0.1) is 0 Å². The van der Waals surface area contributed by atoms with E-state index in [0.29, 0.717) is 17.7 Å². The van der Waals surface area contributed by atoms with Gasteiger partial charge in [-0.05, 0) is 60.5 Å². The van der Waals surface area contributed by atoms with Crippen LogP contribution < -0.4 is 16.0 Å². The average molecular weight is 506 g/mol. The molecule has 0 aromatic heterocycles.